The van der Waals surface area contributed by atoms with E-state index in [1.54, 1.807) is 0 Å². The van der Waals surface area contributed by atoms with E-state index in [0.29, 0.717) is 37.8 Å². The maximum Gasteiger partial charge on any atom is 0.247 e. The van der Waals surface area contributed by atoms with Crippen molar-refractivity contribution in [3.63, 3.8) is 0 Å². The van der Waals surface area contributed by atoms with Gasteiger partial charge in [-0.1, -0.05) is 23.8 Å². The monoisotopic (exact) mass is 433 g/mol. The van der Waals surface area contributed by atoms with E-state index in [1.165, 1.54) is 5.56 Å². The van der Waals surface area contributed by atoms with Gasteiger partial charge in [0.1, 0.15) is 0 Å². The van der Waals surface area contributed by atoms with Gasteiger partial charge in [-0.15, -0.1) is 10.2 Å². The Bertz CT molecular complexity index is 1090. The third kappa shape index (κ3) is 4.33. The quantitative estimate of drug-likeness (QED) is 0.589. The Morgan fingerprint density at radius 1 is 1.03 bits per heavy atom. The summed E-state index contributed by atoms with van der Waals surface area (Å²) in [5.41, 5.74) is 3.15. The molecule has 1 saturated heterocycles. The van der Waals surface area contributed by atoms with E-state index in [0.717, 1.165) is 48.4 Å². The molecular formula is C25H27N3O4. The Hall–Kier alpha value is -3.35. The van der Waals surface area contributed by atoms with Crippen molar-refractivity contribution in [3.05, 3.63) is 59.5 Å². The zero-order valence-electron chi connectivity index (χ0n) is 18.3. The molecule has 2 aromatic carbocycles. The van der Waals surface area contributed by atoms with Crippen LogP contribution in [-0.4, -0.2) is 40.8 Å². The standard InChI is InChI=1S/C25H27N3O4/c1-17-5-7-18(8-6-17)25-27-26-23(32-25)11-12-24(29)28-13-2-4-20(28)19-9-10-21-22(16-19)31-15-3-14-30-21/h5-10,16,20H,2-4,11-15H2,1H3. The number of likely N-dealkylation sites (tertiary alicyclic amines) is 1. The number of nitrogens with zero attached hydrogens (tertiary/aromatic N) is 3. The van der Waals surface area contributed by atoms with Crippen molar-refractivity contribution in [2.24, 2.45) is 0 Å². The van der Waals surface area contributed by atoms with E-state index in [4.69, 9.17) is 13.9 Å². The minimum Gasteiger partial charge on any atom is -0.490 e. The van der Waals surface area contributed by atoms with Crippen LogP contribution in [0.4, 0.5) is 0 Å². The number of benzene rings is 2. The zero-order chi connectivity index (χ0) is 21.9. The molecule has 0 radical (unpaired) electrons. The molecule has 1 amide bonds. The van der Waals surface area contributed by atoms with E-state index in [9.17, 15) is 4.79 Å². The molecule has 0 N–H and O–H groups in total. The fourth-order valence-electron chi connectivity index (χ4n) is 4.32. The number of hydrogen-bond acceptors (Lipinski definition) is 6. The maximum atomic E-state index is 13.0. The Morgan fingerprint density at radius 3 is 2.69 bits per heavy atom. The Labute approximate surface area is 187 Å². The molecule has 3 heterocycles. The first-order chi connectivity index (χ1) is 15.7. The number of amides is 1. The molecule has 7 nitrogen and oxygen atoms in total. The van der Waals surface area contributed by atoms with Crippen LogP contribution in [0.3, 0.4) is 0 Å². The zero-order valence-corrected chi connectivity index (χ0v) is 18.3. The van der Waals surface area contributed by atoms with Gasteiger partial charge in [0, 0.05) is 31.4 Å². The molecule has 5 rings (SSSR count). The average Bonchev–Trinajstić information content (AvgIpc) is 3.43. The SMILES string of the molecule is Cc1ccc(-c2nnc(CCC(=O)N3CCCC3c3ccc4c(c3)OCCCO4)o2)cc1. The lowest BCUT2D eigenvalue weighted by molar-refractivity contribution is -0.132. The number of carbonyl (C=O) groups excluding carboxylic acids is 1. The van der Waals surface area contributed by atoms with Gasteiger partial charge >= 0.3 is 0 Å². The molecular weight excluding hydrogens is 406 g/mol. The van der Waals surface area contributed by atoms with E-state index in [2.05, 4.69) is 16.3 Å². The summed E-state index contributed by atoms with van der Waals surface area (Å²) in [6.45, 7) is 4.11. The number of fused-ring (bicyclic) bond motifs is 1. The van der Waals surface area contributed by atoms with Gasteiger partial charge in [-0.25, -0.2) is 0 Å². The molecule has 0 bridgehead atoms. The van der Waals surface area contributed by atoms with Gasteiger partial charge in [0.25, 0.3) is 0 Å². The summed E-state index contributed by atoms with van der Waals surface area (Å²) in [4.78, 5) is 15.0. The van der Waals surface area contributed by atoms with Gasteiger partial charge < -0.3 is 18.8 Å². The predicted molar refractivity (Wildman–Crippen MR) is 119 cm³/mol. The van der Waals surface area contributed by atoms with Crippen LogP contribution in [0.25, 0.3) is 11.5 Å². The topological polar surface area (TPSA) is 77.7 Å². The van der Waals surface area contributed by atoms with Crippen LogP contribution >= 0.6 is 0 Å². The van der Waals surface area contributed by atoms with Crippen molar-refractivity contribution in [1.29, 1.82) is 0 Å². The molecule has 7 heteroatoms. The lowest BCUT2D eigenvalue weighted by atomic mass is 10.0. The minimum absolute atomic E-state index is 0.0606. The summed E-state index contributed by atoms with van der Waals surface area (Å²) in [5.74, 6) is 2.63. The van der Waals surface area contributed by atoms with E-state index < -0.39 is 0 Å². The fraction of sp³-hybridized carbons (Fsp3) is 0.400. The second-order valence-electron chi connectivity index (χ2n) is 8.37. The number of aromatic nitrogens is 2. The van der Waals surface area contributed by atoms with Crippen LogP contribution in [0.15, 0.2) is 46.9 Å². The normalized spacial score (nSPS) is 17.9. The van der Waals surface area contributed by atoms with Crippen LogP contribution in [0, 0.1) is 6.92 Å². The third-order valence-corrected chi connectivity index (χ3v) is 6.05. The summed E-state index contributed by atoms with van der Waals surface area (Å²) < 4.78 is 17.4. The van der Waals surface area contributed by atoms with Crippen molar-refractivity contribution < 1.29 is 18.7 Å². The highest BCUT2D eigenvalue weighted by Crippen LogP contribution is 2.38. The Kier molecular flexibility index (Phi) is 5.79. The van der Waals surface area contributed by atoms with Gasteiger partial charge in [-0.3, -0.25) is 4.79 Å². The molecule has 1 unspecified atom stereocenters. The molecule has 1 fully saturated rings. The van der Waals surface area contributed by atoms with Gasteiger partial charge in [0.2, 0.25) is 17.7 Å². The molecule has 2 aliphatic heterocycles. The highest BCUT2D eigenvalue weighted by molar-refractivity contribution is 5.77. The highest BCUT2D eigenvalue weighted by Gasteiger charge is 2.30. The van der Waals surface area contributed by atoms with E-state index >= 15 is 0 Å². The lowest BCUT2D eigenvalue weighted by Crippen LogP contribution is -2.30. The van der Waals surface area contributed by atoms with Crippen LogP contribution in [0.1, 0.15) is 48.7 Å². The number of ether oxygens (including phenoxy) is 2. The summed E-state index contributed by atoms with van der Waals surface area (Å²) >= 11 is 0. The van der Waals surface area contributed by atoms with E-state index in [1.807, 2.05) is 48.2 Å². The largest absolute Gasteiger partial charge is 0.490 e. The second-order valence-corrected chi connectivity index (χ2v) is 8.37. The van der Waals surface area contributed by atoms with Crippen molar-refractivity contribution in [2.75, 3.05) is 19.8 Å². The molecule has 32 heavy (non-hydrogen) atoms. The average molecular weight is 434 g/mol. The predicted octanol–water partition coefficient (Wildman–Crippen LogP) is 4.50. The summed E-state index contributed by atoms with van der Waals surface area (Å²) in [7, 11) is 0. The van der Waals surface area contributed by atoms with Crippen LogP contribution in [0.5, 0.6) is 11.5 Å². The first kappa shape index (κ1) is 20.5. The molecule has 0 saturated carbocycles. The molecule has 3 aromatic rings. The second kappa shape index (κ2) is 9.02. The molecule has 2 aliphatic rings. The minimum atomic E-state index is 0.0606. The Morgan fingerprint density at radius 2 is 1.84 bits per heavy atom. The summed E-state index contributed by atoms with van der Waals surface area (Å²) in [5, 5.41) is 8.27. The number of carbonyl (C=O) groups is 1. The van der Waals surface area contributed by atoms with Crippen molar-refractivity contribution in [1.82, 2.24) is 15.1 Å². The lowest BCUT2D eigenvalue weighted by Gasteiger charge is -2.25. The molecule has 1 aromatic heterocycles. The number of hydrogen-bond donors (Lipinski definition) is 0. The van der Waals surface area contributed by atoms with Crippen molar-refractivity contribution in [3.8, 4) is 23.0 Å². The first-order valence-electron chi connectivity index (χ1n) is 11.3. The smallest absolute Gasteiger partial charge is 0.247 e. The molecule has 166 valence electrons. The highest BCUT2D eigenvalue weighted by atomic mass is 16.5. The van der Waals surface area contributed by atoms with Gasteiger partial charge in [-0.05, 0) is 49.6 Å². The molecule has 1 atom stereocenters. The molecule has 0 aliphatic carbocycles. The fourth-order valence-corrected chi connectivity index (χ4v) is 4.32. The summed E-state index contributed by atoms with van der Waals surface area (Å²) in [6.07, 6.45) is 3.59. The Balaban J connectivity index is 1.24. The van der Waals surface area contributed by atoms with Crippen LogP contribution < -0.4 is 9.47 Å². The van der Waals surface area contributed by atoms with Crippen molar-refractivity contribution in [2.45, 2.75) is 45.1 Å². The third-order valence-electron chi connectivity index (χ3n) is 6.05. The molecule has 0 spiro atoms. The van der Waals surface area contributed by atoms with Gasteiger partial charge in [0.05, 0.1) is 19.3 Å². The number of rotatable bonds is 5. The van der Waals surface area contributed by atoms with E-state index in [-0.39, 0.29) is 11.9 Å². The van der Waals surface area contributed by atoms with Crippen molar-refractivity contribution >= 4 is 5.91 Å². The van der Waals surface area contributed by atoms with Gasteiger partial charge in [-0.2, -0.15) is 0 Å². The van der Waals surface area contributed by atoms with Crippen LogP contribution in [-0.2, 0) is 11.2 Å². The summed E-state index contributed by atoms with van der Waals surface area (Å²) in [6, 6.07) is 14.0. The maximum absolute atomic E-state index is 13.0. The first-order valence-corrected chi connectivity index (χ1v) is 11.3. The van der Waals surface area contributed by atoms with Crippen LogP contribution in [0.2, 0.25) is 0 Å². The number of aryl methyl sites for hydroxylation is 2. The van der Waals surface area contributed by atoms with Gasteiger partial charge in [0.15, 0.2) is 11.5 Å².